The van der Waals surface area contributed by atoms with Crippen molar-refractivity contribution in [2.45, 2.75) is 20.0 Å². The van der Waals surface area contributed by atoms with Gasteiger partial charge < -0.3 is 9.47 Å². The Morgan fingerprint density at radius 1 is 1.33 bits per heavy atom. The second-order valence-corrected chi connectivity index (χ2v) is 3.64. The summed E-state index contributed by atoms with van der Waals surface area (Å²) in [7, 11) is 3.45. The van der Waals surface area contributed by atoms with Gasteiger partial charge in [0, 0.05) is 5.56 Å². The molecule has 1 rings (SSSR count). The third-order valence-corrected chi connectivity index (χ3v) is 2.04. The molecule has 0 aromatic heterocycles. The largest absolute Gasteiger partial charge is 0.493 e. The summed E-state index contributed by atoms with van der Waals surface area (Å²) in [6.45, 7) is 3.86. The van der Waals surface area contributed by atoms with Gasteiger partial charge in [0.2, 0.25) is 0 Å². The predicted molar refractivity (Wildman–Crippen MR) is 62.3 cm³/mol. The summed E-state index contributed by atoms with van der Waals surface area (Å²) in [5, 5.41) is 0. The number of aldehydes is 1. The van der Waals surface area contributed by atoms with Crippen molar-refractivity contribution < 1.29 is 14.3 Å². The summed E-state index contributed by atoms with van der Waals surface area (Å²) in [6, 6.07) is 3.52. The van der Waals surface area contributed by atoms with E-state index in [4.69, 9.17) is 9.47 Å². The van der Waals surface area contributed by atoms with Gasteiger partial charge >= 0.3 is 0 Å². The molecule has 1 aromatic carbocycles. The Hall–Kier alpha value is -1.45. The van der Waals surface area contributed by atoms with E-state index in [1.54, 1.807) is 19.2 Å². The van der Waals surface area contributed by atoms with Crippen molar-refractivity contribution in [1.82, 2.24) is 0 Å². The van der Waals surface area contributed by atoms with Gasteiger partial charge in [0.15, 0.2) is 11.5 Å². The minimum Gasteiger partial charge on any atom is -0.493 e. The maximum absolute atomic E-state index is 10.8. The van der Waals surface area contributed by atoms with Gasteiger partial charge in [-0.2, -0.15) is 0 Å². The van der Waals surface area contributed by atoms with Crippen molar-refractivity contribution in [3.8, 4) is 11.5 Å². The van der Waals surface area contributed by atoms with Crippen LogP contribution in [0.3, 0.4) is 0 Å². The van der Waals surface area contributed by atoms with Crippen LogP contribution in [-0.4, -0.2) is 27.3 Å². The van der Waals surface area contributed by atoms with Gasteiger partial charge in [0.25, 0.3) is 0 Å². The fraction of sp³-hybridized carbons (Fsp3) is 0.364. The van der Waals surface area contributed by atoms with Crippen molar-refractivity contribution in [2.75, 3.05) is 7.11 Å². The minimum absolute atomic E-state index is 0.0566. The zero-order chi connectivity index (χ0) is 11.4. The Balaban J connectivity index is 3.16. The molecule has 0 radical (unpaired) electrons. The highest BCUT2D eigenvalue weighted by Crippen LogP contribution is 2.27. The molecule has 1 aromatic rings. The van der Waals surface area contributed by atoms with E-state index in [1.807, 2.05) is 21.7 Å². The summed E-state index contributed by atoms with van der Waals surface area (Å²) >= 11 is 0. The Morgan fingerprint density at radius 2 is 2.00 bits per heavy atom. The average molecular weight is 206 g/mol. The van der Waals surface area contributed by atoms with Gasteiger partial charge in [-0.05, 0) is 26.0 Å². The van der Waals surface area contributed by atoms with Crippen molar-refractivity contribution in [3.63, 3.8) is 0 Å². The molecule has 0 heterocycles. The van der Waals surface area contributed by atoms with Crippen LogP contribution >= 0.6 is 0 Å². The summed E-state index contributed by atoms with van der Waals surface area (Å²) in [5.74, 6) is 1.27. The lowest BCUT2D eigenvalue weighted by Crippen LogP contribution is -2.13. The number of carbonyl (C=O) groups excluding carboxylic acids is 1. The number of benzene rings is 1. The predicted octanol–water partition coefficient (Wildman–Crippen LogP) is 0.553. The number of carbonyl (C=O) groups is 1. The molecule has 15 heavy (non-hydrogen) atoms. The number of methoxy groups -OCH3 is 1. The van der Waals surface area contributed by atoms with Crippen LogP contribution < -0.4 is 14.9 Å². The first-order valence-corrected chi connectivity index (χ1v) is 4.89. The first kappa shape index (κ1) is 11.6. The van der Waals surface area contributed by atoms with E-state index in [0.717, 1.165) is 11.7 Å². The molecule has 0 saturated heterocycles. The molecule has 0 spiro atoms. The molecule has 4 heteroatoms. The van der Waals surface area contributed by atoms with Crippen molar-refractivity contribution in [3.05, 3.63) is 17.7 Å². The van der Waals surface area contributed by atoms with Crippen LogP contribution in [0, 0.1) is 0 Å². The highest BCUT2D eigenvalue weighted by molar-refractivity contribution is 6.35. The molecule has 0 fully saturated rings. The molecule has 0 atom stereocenters. The van der Waals surface area contributed by atoms with Gasteiger partial charge in [-0.1, -0.05) is 5.46 Å². The molecule has 0 aliphatic rings. The topological polar surface area (TPSA) is 35.5 Å². The van der Waals surface area contributed by atoms with Gasteiger partial charge in [0.1, 0.15) is 14.1 Å². The van der Waals surface area contributed by atoms with Crippen LogP contribution in [0.5, 0.6) is 11.5 Å². The normalized spacial score (nSPS) is 10.1. The molecule has 3 nitrogen and oxygen atoms in total. The fourth-order valence-electron chi connectivity index (χ4n) is 1.31. The number of hydrogen-bond acceptors (Lipinski definition) is 3. The van der Waals surface area contributed by atoms with E-state index in [0.29, 0.717) is 17.1 Å². The maximum Gasteiger partial charge on any atom is 0.162 e. The standard InChI is InChI=1S/C11H15BO3/c1-7(2)15-11-4-8(6-13)9(12)5-10(11)14-3/h4-7H,12H2,1-3H3. The summed E-state index contributed by atoms with van der Waals surface area (Å²) in [6.07, 6.45) is 0.878. The number of rotatable bonds is 4. The Labute approximate surface area is 90.8 Å². The molecule has 80 valence electrons. The third kappa shape index (κ3) is 2.75. The second kappa shape index (κ2) is 4.87. The first-order chi connectivity index (χ1) is 7.08. The van der Waals surface area contributed by atoms with Gasteiger partial charge in [-0.25, -0.2) is 0 Å². The van der Waals surface area contributed by atoms with Crippen molar-refractivity contribution in [1.29, 1.82) is 0 Å². The van der Waals surface area contributed by atoms with E-state index >= 15 is 0 Å². The monoisotopic (exact) mass is 206 g/mol. The van der Waals surface area contributed by atoms with E-state index in [9.17, 15) is 4.79 Å². The Kier molecular flexibility index (Phi) is 3.77. The average Bonchev–Trinajstić information content (AvgIpc) is 2.19. The van der Waals surface area contributed by atoms with Gasteiger partial charge in [0.05, 0.1) is 13.2 Å². The highest BCUT2D eigenvalue weighted by atomic mass is 16.5. The molecule has 0 aliphatic heterocycles. The number of hydrogen-bond donors (Lipinski definition) is 0. The third-order valence-electron chi connectivity index (χ3n) is 2.04. The number of ether oxygens (including phenoxy) is 2. The lowest BCUT2D eigenvalue weighted by Gasteiger charge is -2.15. The lowest BCUT2D eigenvalue weighted by atomic mass is 9.90. The summed E-state index contributed by atoms with van der Waals surface area (Å²) in [4.78, 5) is 10.8. The zero-order valence-corrected chi connectivity index (χ0v) is 9.53. The van der Waals surface area contributed by atoms with Gasteiger partial charge in [-0.3, -0.25) is 4.79 Å². The Bertz CT molecular complexity index is 361. The fourth-order valence-corrected chi connectivity index (χ4v) is 1.31. The van der Waals surface area contributed by atoms with E-state index in [2.05, 4.69) is 0 Å². The zero-order valence-electron chi connectivity index (χ0n) is 9.53. The van der Waals surface area contributed by atoms with Crippen LogP contribution in [0.4, 0.5) is 0 Å². The van der Waals surface area contributed by atoms with E-state index < -0.39 is 0 Å². The van der Waals surface area contributed by atoms with Crippen LogP contribution in [0.2, 0.25) is 0 Å². The van der Waals surface area contributed by atoms with E-state index in [1.165, 1.54) is 0 Å². The highest BCUT2D eigenvalue weighted by Gasteiger charge is 2.09. The summed E-state index contributed by atoms with van der Waals surface area (Å²) in [5.41, 5.74) is 1.52. The van der Waals surface area contributed by atoms with Gasteiger partial charge in [-0.15, -0.1) is 0 Å². The second-order valence-electron chi connectivity index (χ2n) is 3.64. The summed E-state index contributed by atoms with van der Waals surface area (Å²) < 4.78 is 10.7. The Morgan fingerprint density at radius 3 is 2.47 bits per heavy atom. The molecular formula is C11H15BO3. The minimum atomic E-state index is 0.0566. The van der Waals surface area contributed by atoms with Crippen molar-refractivity contribution >= 4 is 19.6 Å². The lowest BCUT2D eigenvalue weighted by molar-refractivity contribution is 0.112. The first-order valence-electron chi connectivity index (χ1n) is 4.89. The van der Waals surface area contributed by atoms with Crippen molar-refractivity contribution in [2.24, 2.45) is 0 Å². The molecule has 0 aliphatic carbocycles. The van der Waals surface area contributed by atoms with Crippen LogP contribution in [0.1, 0.15) is 24.2 Å². The molecule has 0 N–H and O–H groups in total. The van der Waals surface area contributed by atoms with Crippen LogP contribution in [0.15, 0.2) is 12.1 Å². The molecule has 0 unspecified atom stereocenters. The smallest absolute Gasteiger partial charge is 0.162 e. The molecule has 0 saturated carbocycles. The molecule has 0 bridgehead atoms. The quantitative estimate of drug-likeness (QED) is 0.533. The van der Waals surface area contributed by atoms with Crippen LogP contribution in [-0.2, 0) is 0 Å². The maximum atomic E-state index is 10.8. The molecular weight excluding hydrogens is 191 g/mol. The SMILES string of the molecule is Bc1cc(OC)c(OC(C)C)cc1C=O. The molecule has 0 amide bonds. The van der Waals surface area contributed by atoms with Crippen LogP contribution in [0.25, 0.3) is 0 Å². The van der Waals surface area contributed by atoms with E-state index in [-0.39, 0.29) is 6.10 Å².